The Morgan fingerprint density at radius 3 is 2.64 bits per heavy atom. The Labute approximate surface area is 127 Å². The van der Waals surface area contributed by atoms with E-state index in [1.165, 1.54) is 0 Å². The van der Waals surface area contributed by atoms with Gasteiger partial charge in [-0.1, -0.05) is 6.07 Å². The molecule has 0 atom stereocenters. The Morgan fingerprint density at radius 2 is 1.91 bits per heavy atom. The van der Waals surface area contributed by atoms with Gasteiger partial charge in [0.05, 0.1) is 6.54 Å². The number of carbonyl (C=O) groups excluding carboxylic acids is 3. The van der Waals surface area contributed by atoms with Gasteiger partial charge in [0.2, 0.25) is 5.91 Å². The van der Waals surface area contributed by atoms with Gasteiger partial charge in [-0.3, -0.25) is 14.4 Å². The van der Waals surface area contributed by atoms with Crippen molar-refractivity contribution in [1.82, 2.24) is 15.6 Å². The SMILES string of the molecule is CC(C)NC(=O)CNC(=O)C(=O)Nc1ccc2cc[nH]c2c1. The molecule has 1 aromatic heterocycles. The minimum Gasteiger partial charge on any atom is -0.361 e. The van der Waals surface area contributed by atoms with Crippen LogP contribution >= 0.6 is 0 Å². The number of hydrogen-bond donors (Lipinski definition) is 4. The summed E-state index contributed by atoms with van der Waals surface area (Å²) >= 11 is 0. The third-order valence-electron chi connectivity index (χ3n) is 2.88. The first-order valence-corrected chi connectivity index (χ1v) is 6.91. The van der Waals surface area contributed by atoms with Crippen LogP contribution in [0.1, 0.15) is 13.8 Å². The van der Waals surface area contributed by atoms with E-state index in [0.29, 0.717) is 5.69 Å². The highest BCUT2D eigenvalue weighted by molar-refractivity contribution is 6.39. The molecule has 4 N–H and O–H groups in total. The van der Waals surface area contributed by atoms with Crippen LogP contribution in [-0.4, -0.2) is 35.3 Å². The Kier molecular flexibility index (Phi) is 4.77. The van der Waals surface area contributed by atoms with Gasteiger partial charge in [0.15, 0.2) is 0 Å². The van der Waals surface area contributed by atoms with Gasteiger partial charge < -0.3 is 20.9 Å². The molecule has 1 aromatic carbocycles. The van der Waals surface area contributed by atoms with Gasteiger partial charge in [-0.15, -0.1) is 0 Å². The lowest BCUT2D eigenvalue weighted by Crippen LogP contribution is -2.43. The molecule has 0 spiro atoms. The summed E-state index contributed by atoms with van der Waals surface area (Å²) < 4.78 is 0. The van der Waals surface area contributed by atoms with Gasteiger partial charge in [-0.05, 0) is 37.4 Å². The van der Waals surface area contributed by atoms with E-state index in [1.807, 2.05) is 26.0 Å². The third kappa shape index (κ3) is 4.08. The summed E-state index contributed by atoms with van der Waals surface area (Å²) in [7, 11) is 0. The van der Waals surface area contributed by atoms with Crippen LogP contribution in [0.4, 0.5) is 5.69 Å². The topological polar surface area (TPSA) is 103 Å². The van der Waals surface area contributed by atoms with Crippen LogP contribution in [0.15, 0.2) is 30.5 Å². The second-order valence-electron chi connectivity index (χ2n) is 5.14. The number of benzene rings is 1. The summed E-state index contributed by atoms with van der Waals surface area (Å²) in [5, 5.41) is 8.38. The summed E-state index contributed by atoms with van der Waals surface area (Å²) in [6, 6.07) is 7.14. The van der Waals surface area contributed by atoms with Gasteiger partial charge >= 0.3 is 11.8 Å². The normalized spacial score (nSPS) is 10.5. The van der Waals surface area contributed by atoms with Crippen molar-refractivity contribution in [1.29, 1.82) is 0 Å². The van der Waals surface area contributed by atoms with Crippen molar-refractivity contribution in [2.24, 2.45) is 0 Å². The maximum absolute atomic E-state index is 11.8. The molecule has 2 aromatic rings. The predicted octanol–water partition coefficient (Wildman–Crippen LogP) is 0.747. The maximum Gasteiger partial charge on any atom is 0.313 e. The number of aromatic amines is 1. The quantitative estimate of drug-likeness (QED) is 0.626. The lowest BCUT2D eigenvalue weighted by atomic mass is 10.2. The number of H-pyrrole nitrogens is 1. The first-order valence-electron chi connectivity index (χ1n) is 6.91. The number of aromatic nitrogens is 1. The molecular formula is C15H18N4O3. The highest BCUT2D eigenvalue weighted by Gasteiger charge is 2.15. The van der Waals surface area contributed by atoms with E-state index in [9.17, 15) is 14.4 Å². The Morgan fingerprint density at radius 1 is 1.14 bits per heavy atom. The fraction of sp³-hybridized carbons (Fsp3) is 0.267. The van der Waals surface area contributed by atoms with Gasteiger partial charge in [-0.2, -0.15) is 0 Å². The molecule has 0 aliphatic heterocycles. The van der Waals surface area contributed by atoms with Crippen molar-refractivity contribution in [2.45, 2.75) is 19.9 Å². The van der Waals surface area contributed by atoms with Crippen LogP contribution in [0, 0.1) is 0 Å². The average Bonchev–Trinajstić information content (AvgIpc) is 2.91. The summed E-state index contributed by atoms with van der Waals surface area (Å²) in [6.45, 7) is 3.38. The average molecular weight is 302 g/mol. The molecule has 7 heteroatoms. The van der Waals surface area contributed by atoms with E-state index in [0.717, 1.165) is 10.9 Å². The monoisotopic (exact) mass is 302 g/mol. The molecule has 0 saturated carbocycles. The number of anilines is 1. The van der Waals surface area contributed by atoms with E-state index < -0.39 is 11.8 Å². The molecule has 7 nitrogen and oxygen atoms in total. The molecule has 0 aliphatic carbocycles. The molecule has 2 rings (SSSR count). The second-order valence-corrected chi connectivity index (χ2v) is 5.14. The first kappa shape index (κ1) is 15.6. The second kappa shape index (κ2) is 6.75. The Balaban J connectivity index is 1.88. The van der Waals surface area contributed by atoms with Crippen molar-refractivity contribution in [3.8, 4) is 0 Å². The standard InChI is InChI=1S/C15H18N4O3/c1-9(2)18-13(20)8-17-14(21)15(22)19-11-4-3-10-5-6-16-12(10)7-11/h3-7,9,16H,8H2,1-2H3,(H,17,21)(H,18,20)(H,19,22). The molecule has 0 radical (unpaired) electrons. The first-order chi connectivity index (χ1) is 10.5. The lowest BCUT2D eigenvalue weighted by molar-refractivity contribution is -0.136. The van der Waals surface area contributed by atoms with Crippen molar-refractivity contribution < 1.29 is 14.4 Å². The van der Waals surface area contributed by atoms with E-state index in [-0.39, 0.29) is 18.5 Å². The van der Waals surface area contributed by atoms with Crippen molar-refractivity contribution in [3.05, 3.63) is 30.5 Å². The van der Waals surface area contributed by atoms with E-state index in [2.05, 4.69) is 20.9 Å². The molecule has 0 saturated heterocycles. The summed E-state index contributed by atoms with van der Waals surface area (Å²) in [6.07, 6.45) is 1.79. The number of carbonyl (C=O) groups is 3. The molecule has 0 bridgehead atoms. The number of amides is 3. The highest BCUT2D eigenvalue weighted by Crippen LogP contribution is 2.17. The highest BCUT2D eigenvalue weighted by atomic mass is 16.2. The van der Waals surface area contributed by atoms with E-state index >= 15 is 0 Å². The fourth-order valence-corrected chi connectivity index (χ4v) is 1.93. The van der Waals surface area contributed by atoms with E-state index in [1.54, 1.807) is 18.3 Å². The largest absolute Gasteiger partial charge is 0.361 e. The number of nitrogens with one attached hydrogen (secondary N) is 4. The van der Waals surface area contributed by atoms with Gasteiger partial charge in [0, 0.05) is 23.4 Å². The van der Waals surface area contributed by atoms with Crippen LogP contribution in [0.2, 0.25) is 0 Å². The summed E-state index contributed by atoms with van der Waals surface area (Å²) in [5.74, 6) is -2.02. The zero-order chi connectivity index (χ0) is 16.1. The minimum atomic E-state index is -0.856. The lowest BCUT2D eigenvalue weighted by Gasteiger charge is -2.09. The van der Waals surface area contributed by atoms with Gasteiger partial charge in [0.25, 0.3) is 0 Å². The minimum absolute atomic E-state index is 0.0225. The molecule has 0 unspecified atom stereocenters. The van der Waals surface area contributed by atoms with Crippen molar-refractivity contribution >= 4 is 34.3 Å². The summed E-state index contributed by atoms with van der Waals surface area (Å²) in [5.41, 5.74) is 1.36. The molecule has 22 heavy (non-hydrogen) atoms. The van der Waals surface area contributed by atoms with Crippen LogP contribution in [0.25, 0.3) is 10.9 Å². The van der Waals surface area contributed by atoms with E-state index in [4.69, 9.17) is 0 Å². The van der Waals surface area contributed by atoms with Crippen LogP contribution < -0.4 is 16.0 Å². The molecule has 0 aliphatic rings. The van der Waals surface area contributed by atoms with Crippen molar-refractivity contribution in [3.63, 3.8) is 0 Å². The molecule has 3 amide bonds. The Hall–Kier alpha value is -2.83. The summed E-state index contributed by atoms with van der Waals surface area (Å²) in [4.78, 5) is 37.8. The smallest absolute Gasteiger partial charge is 0.313 e. The number of fused-ring (bicyclic) bond motifs is 1. The van der Waals surface area contributed by atoms with Gasteiger partial charge in [-0.25, -0.2) is 0 Å². The fourth-order valence-electron chi connectivity index (χ4n) is 1.93. The van der Waals surface area contributed by atoms with Crippen LogP contribution in [0.5, 0.6) is 0 Å². The number of rotatable bonds is 4. The molecular weight excluding hydrogens is 284 g/mol. The maximum atomic E-state index is 11.8. The molecule has 1 heterocycles. The number of hydrogen-bond acceptors (Lipinski definition) is 3. The third-order valence-corrected chi connectivity index (χ3v) is 2.88. The van der Waals surface area contributed by atoms with Crippen LogP contribution in [0.3, 0.4) is 0 Å². The Bertz CT molecular complexity index is 706. The zero-order valence-electron chi connectivity index (χ0n) is 12.4. The molecule has 116 valence electrons. The van der Waals surface area contributed by atoms with Gasteiger partial charge in [0.1, 0.15) is 0 Å². The molecule has 0 fully saturated rings. The van der Waals surface area contributed by atoms with Crippen molar-refractivity contribution in [2.75, 3.05) is 11.9 Å². The van der Waals surface area contributed by atoms with Crippen LogP contribution in [-0.2, 0) is 14.4 Å². The predicted molar refractivity (Wildman–Crippen MR) is 83.2 cm³/mol. The zero-order valence-corrected chi connectivity index (χ0v) is 12.4.